The van der Waals surface area contributed by atoms with Crippen molar-refractivity contribution in [3.05, 3.63) is 65.7 Å². The summed E-state index contributed by atoms with van der Waals surface area (Å²) in [6.45, 7) is 11.8. The molecule has 2 aromatic rings. The molecule has 2 N–H and O–H groups in total. The molecule has 33 heavy (non-hydrogen) atoms. The molecule has 182 valence electrons. The molecule has 0 saturated carbocycles. The van der Waals surface area contributed by atoms with Gasteiger partial charge in [-0.25, -0.2) is 0 Å². The summed E-state index contributed by atoms with van der Waals surface area (Å²) < 4.78 is 17.3. The van der Waals surface area contributed by atoms with Crippen LogP contribution in [0, 0.1) is 0 Å². The van der Waals surface area contributed by atoms with E-state index >= 15 is 0 Å². The average molecular weight is 457 g/mol. The van der Waals surface area contributed by atoms with Gasteiger partial charge in [0, 0.05) is 19.8 Å². The quantitative estimate of drug-likeness (QED) is 0.457. The van der Waals surface area contributed by atoms with E-state index in [0.717, 1.165) is 17.7 Å². The van der Waals surface area contributed by atoms with E-state index in [1.165, 1.54) is 5.56 Å². The van der Waals surface area contributed by atoms with Gasteiger partial charge >= 0.3 is 0 Å². The molecule has 0 heterocycles. The average Bonchev–Trinajstić information content (AvgIpc) is 2.77. The van der Waals surface area contributed by atoms with Crippen LogP contribution in [0.25, 0.3) is 0 Å². The van der Waals surface area contributed by atoms with Crippen LogP contribution >= 0.6 is 0 Å². The standard InChI is InChI=1S/C27H40N2O4/c1-6-31-25(32-7-2)20-29(18-17-21-11-9-8-10-12-21)26(30)24(28)19-22-13-15-23(16-14-22)33-27(3,4)5/h8-16,24-25H,6-7,17-20,28H2,1-5H3/t24-/m0/s1. The predicted molar refractivity (Wildman–Crippen MR) is 132 cm³/mol. The second-order valence-electron chi connectivity index (χ2n) is 9.03. The Balaban J connectivity index is 2.07. The Morgan fingerprint density at radius 2 is 1.55 bits per heavy atom. The smallest absolute Gasteiger partial charge is 0.240 e. The third kappa shape index (κ3) is 9.95. The van der Waals surface area contributed by atoms with E-state index in [9.17, 15) is 4.79 Å². The van der Waals surface area contributed by atoms with Gasteiger partial charge in [-0.1, -0.05) is 42.5 Å². The first-order valence-electron chi connectivity index (χ1n) is 11.8. The van der Waals surface area contributed by atoms with Crippen LogP contribution in [0.15, 0.2) is 54.6 Å². The molecule has 0 aliphatic rings. The number of rotatable bonds is 13. The fraction of sp³-hybridized carbons (Fsp3) is 0.519. The van der Waals surface area contributed by atoms with Crippen molar-refractivity contribution >= 4 is 5.91 Å². The maximum Gasteiger partial charge on any atom is 0.240 e. The zero-order chi connectivity index (χ0) is 24.3. The second-order valence-corrected chi connectivity index (χ2v) is 9.03. The van der Waals surface area contributed by atoms with Crippen molar-refractivity contribution in [1.82, 2.24) is 4.90 Å². The van der Waals surface area contributed by atoms with E-state index in [4.69, 9.17) is 19.9 Å². The van der Waals surface area contributed by atoms with Crippen LogP contribution in [0.2, 0.25) is 0 Å². The molecule has 0 aliphatic carbocycles. The lowest BCUT2D eigenvalue weighted by molar-refractivity contribution is -0.159. The number of ether oxygens (including phenoxy) is 3. The molecule has 1 atom stereocenters. The molecule has 2 aromatic carbocycles. The van der Waals surface area contributed by atoms with Gasteiger partial charge in [-0.2, -0.15) is 0 Å². The Morgan fingerprint density at radius 3 is 2.09 bits per heavy atom. The van der Waals surface area contributed by atoms with E-state index in [1.54, 1.807) is 4.90 Å². The van der Waals surface area contributed by atoms with Crippen molar-refractivity contribution in [2.45, 2.75) is 65.4 Å². The zero-order valence-corrected chi connectivity index (χ0v) is 20.8. The highest BCUT2D eigenvalue weighted by molar-refractivity contribution is 5.82. The molecule has 0 fully saturated rings. The van der Waals surface area contributed by atoms with Gasteiger partial charge in [0.15, 0.2) is 6.29 Å². The molecule has 0 aliphatic heterocycles. The van der Waals surface area contributed by atoms with Gasteiger partial charge in [-0.05, 0) is 70.7 Å². The van der Waals surface area contributed by atoms with Crippen LogP contribution in [0.4, 0.5) is 0 Å². The summed E-state index contributed by atoms with van der Waals surface area (Å²) in [6.07, 6.45) is 0.716. The Bertz CT molecular complexity index is 812. The Hall–Kier alpha value is -2.41. The van der Waals surface area contributed by atoms with Gasteiger partial charge in [0.25, 0.3) is 0 Å². The molecule has 0 radical (unpaired) electrons. The molecule has 0 spiro atoms. The minimum Gasteiger partial charge on any atom is -0.488 e. The normalized spacial score (nSPS) is 12.6. The number of benzene rings is 2. The number of nitrogens with zero attached hydrogens (tertiary/aromatic N) is 1. The van der Waals surface area contributed by atoms with Crippen LogP contribution < -0.4 is 10.5 Å². The first kappa shape index (κ1) is 26.8. The van der Waals surface area contributed by atoms with Gasteiger partial charge in [0.05, 0.1) is 12.6 Å². The number of amides is 1. The number of carbonyl (C=O) groups is 1. The molecular weight excluding hydrogens is 416 g/mol. The summed E-state index contributed by atoms with van der Waals surface area (Å²) in [7, 11) is 0. The van der Waals surface area contributed by atoms with Crippen molar-refractivity contribution < 1.29 is 19.0 Å². The number of hydrogen-bond acceptors (Lipinski definition) is 5. The van der Waals surface area contributed by atoms with Crippen LogP contribution in [0.1, 0.15) is 45.7 Å². The highest BCUT2D eigenvalue weighted by Gasteiger charge is 2.25. The van der Waals surface area contributed by atoms with Crippen LogP contribution in [-0.4, -0.2) is 55.0 Å². The maximum atomic E-state index is 13.3. The number of carbonyl (C=O) groups excluding carboxylic acids is 1. The van der Waals surface area contributed by atoms with E-state index in [1.807, 2.05) is 77.1 Å². The lowest BCUT2D eigenvalue weighted by atomic mass is 10.0. The van der Waals surface area contributed by atoms with Crippen LogP contribution in [0.5, 0.6) is 5.75 Å². The van der Waals surface area contributed by atoms with Crippen molar-refractivity contribution in [1.29, 1.82) is 0 Å². The Morgan fingerprint density at radius 1 is 0.939 bits per heavy atom. The minimum atomic E-state index is -0.654. The zero-order valence-electron chi connectivity index (χ0n) is 20.8. The van der Waals surface area contributed by atoms with Crippen molar-refractivity contribution in [2.24, 2.45) is 5.73 Å². The topological polar surface area (TPSA) is 74.0 Å². The first-order chi connectivity index (χ1) is 15.7. The minimum absolute atomic E-state index is 0.106. The lowest BCUT2D eigenvalue weighted by Gasteiger charge is -2.29. The van der Waals surface area contributed by atoms with Crippen molar-refractivity contribution in [3.8, 4) is 5.75 Å². The summed E-state index contributed by atoms with van der Waals surface area (Å²) in [4.78, 5) is 15.1. The van der Waals surface area contributed by atoms with Crippen molar-refractivity contribution in [3.63, 3.8) is 0 Å². The third-order valence-corrected chi connectivity index (χ3v) is 5.02. The molecule has 1 amide bonds. The molecule has 2 rings (SSSR count). The molecule has 6 heteroatoms. The largest absolute Gasteiger partial charge is 0.488 e. The Kier molecular flexibility index (Phi) is 10.8. The predicted octanol–water partition coefficient (Wildman–Crippen LogP) is 4.20. The van der Waals surface area contributed by atoms with Gasteiger partial charge < -0.3 is 24.8 Å². The molecule has 0 unspecified atom stereocenters. The summed E-state index contributed by atoms with van der Waals surface area (Å²) in [6, 6.07) is 17.2. The highest BCUT2D eigenvalue weighted by atomic mass is 16.7. The molecule has 6 nitrogen and oxygen atoms in total. The fourth-order valence-electron chi connectivity index (χ4n) is 3.53. The monoisotopic (exact) mass is 456 g/mol. The SMILES string of the molecule is CCOC(CN(CCc1ccccc1)C(=O)[C@@H](N)Cc1ccc(OC(C)(C)C)cc1)OCC. The lowest BCUT2D eigenvalue weighted by Crippen LogP contribution is -2.49. The summed E-state index contributed by atoms with van der Waals surface area (Å²) in [5.41, 5.74) is 8.28. The fourth-order valence-corrected chi connectivity index (χ4v) is 3.53. The third-order valence-electron chi connectivity index (χ3n) is 5.02. The van der Waals surface area contributed by atoms with E-state index in [2.05, 4.69) is 12.1 Å². The highest BCUT2D eigenvalue weighted by Crippen LogP contribution is 2.19. The summed E-state index contributed by atoms with van der Waals surface area (Å²) >= 11 is 0. The first-order valence-corrected chi connectivity index (χ1v) is 11.8. The number of hydrogen-bond donors (Lipinski definition) is 1. The number of nitrogens with two attached hydrogens (primary N) is 1. The molecule has 0 saturated heterocycles. The maximum absolute atomic E-state index is 13.3. The van der Waals surface area contributed by atoms with Gasteiger partial charge in [-0.3, -0.25) is 4.79 Å². The van der Waals surface area contributed by atoms with Gasteiger partial charge in [0.1, 0.15) is 11.4 Å². The van der Waals surface area contributed by atoms with Gasteiger partial charge in [0.2, 0.25) is 5.91 Å². The van der Waals surface area contributed by atoms with E-state index < -0.39 is 12.3 Å². The molecule has 0 aromatic heterocycles. The van der Waals surface area contributed by atoms with E-state index in [-0.39, 0.29) is 11.5 Å². The summed E-state index contributed by atoms with van der Waals surface area (Å²) in [5.74, 6) is 0.692. The van der Waals surface area contributed by atoms with Gasteiger partial charge in [-0.15, -0.1) is 0 Å². The second kappa shape index (κ2) is 13.3. The van der Waals surface area contributed by atoms with Crippen LogP contribution in [0.3, 0.4) is 0 Å². The summed E-state index contributed by atoms with van der Waals surface area (Å²) in [5, 5.41) is 0. The van der Waals surface area contributed by atoms with Crippen molar-refractivity contribution in [2.75, 3.05) is 26.3 Å². The van der Waals surface area contributed by atoms with Crippen LogP contribution in [-0.2, 0) is 27.1 Å². The molecule has 0 bridgehead atoms. The Labute approximate surface area is 199 Å². The van der Waals surface area contributed by atoms with E-state index in [0.29, 0.717) is 32.7 Å². The molecular formula is C27H40N2O4.